The molecule has 0 saturated carbocycles. The summed E-state index contributed by atoms with van der Waals surface area (Å²) in [6.45, 7) is 0.0938. The van der Waals surface area contributed by atoms with Crippen LogP contribution in [0.4, 0.5) is 15.8 Å². The Labute approximate surface area is 182 Å². The second kappa shape index (κ2) is 8.31. The van der Waals surface area contributed by atoms with Gasteiger partial charge in [-0.15, -0.1) is 0 Å². The highest BCUT2D eigenvalue weighted by atomic mass is 32.2. The molecule has 0 fully saturated rings. The van der Waals surface area contributed by atoms with Gasteiger partial charge in [0.15, 0.2) is 0 Å². The first kappa shape index (κ1) is 21.3. The molecule has 0 atom stereocenters. The first-order valence-corrected chi connectivity index (χ1v) is 10.9. The van der Waals surface area contributed by atoms with Gasteiger partial charge in [-0.1, -0.05) is 6.07 Å². The van der Waals surface area contributed by atoms with Crippen LogP contribution in [0.1, 0.15) is 20.7 Å². The summed E-state index contributed by atoms with van der Waals surface area (Å²) in [6.07, 6.45) is 0. The highest BCUT2D eigenvalue weighted by Gasteiger charge is 2.31. The van der Waals surface area contributed by atoms with Crippen LogP contribution in [0.5, 0.6) is 5.75 Å². The Morgan fingerprint density at radius 2 is 1.72 bits per heavy atom. The van der Waals surface area contributed by atoms with Gasteiger partial charge in [0.05, 0.1) is 22.7 Å². The number of anilines is 2. The Hall–Kier alpha value is -3.92. The van der Waals surface area contributed by atoms with Gasteiger partial charge in [-0.2, -0.15) is 0 Å². The van der Waals surface area contributed by atoms with Crippen LogP contribution in [0.3, 0.4) is 0 Å². The lowest BCUT2D eigenvalue weighted by atomic mass is 10.1. The Morgan fingerprint density at radius 1 is 1.00 bits per heavy atom. The summed E-state index contributed by atoms with van der Waals surface area (Å²) in [5, 5.41) is 11.6. The molecule has 1 amide bonds. The van der Waals surface area contributed by atoms with E-state index in [1.807, 2.05) is 0 Å². The van der Waals surface area contributed by atoms with E-state index in [1.165, 1.54) is 54.6 Å². The number of nitrogens with zero attached hydrogens (tertiary/aromatic N) is 1. The normalized spacial score (nSPS) is 13.1. The van der Waals surface area contributed by atoms with Gasteiger partial charge in [-0.3, -0.25) is 9.10 Å². The predicted molar refractivity (Wildman–Crippen MR) is 114 cm³/mol. The lowest BCUT2D eigenvalue weighted by Gasteiger charge is -2.30. The summed E-state index contributed by atoms with van der Waals surface area (Å²) in [6, 6.07) is 14.6. The maximum Gasteiger partial charge on any atom is 0.335 e. The van der Waals surface area contributed by atoms with E-state index in [-0.39, 0.29) is 40.6 Å². The fraction of sp³-hybridized carbons (Fsp3) is 0.0909. The Kier molecular flexibility index (Phi) is 5.54. The number of carbonyl (C=O) groups is 2. The SMILES string of the molecule is O=C(O)c1ccc(NC(=O)c2ccc3c(c2)N(S(=O)(=O)c2cccc(F)c2)CCO3)cc1. The summed E-state index contributed by atoms with van der Waals surface area (Å²) in [4.78, 5) is 23.4. The molecule has 0 radical (unpaired) electrons. The van der Waals surface area contributed by atoms with Crippen molar-refractivity contribution in [2.75, 3.05) is 22.8 Å². The number of nitrogens with one attached hydrogen (secondary N) is 1. The molecule has 4 rings (SSSR count). The van der Waals surface area contributed by atoms with E-state index >= 15 is 0 Å². The van der Waals surface area contributed by atoms with Crippen molar-refractivity contribution < 1.29 is 32.2 Å². The topological polar surface area (TPSA) is 113 Å². The Balaban J connectivity index is 1.64. The average molecular weight is 456 g/mol. The number of carboxylic acid groups (broad SMARTS) is 1. The van der Waals surface area contributed by atoms with Crippen LogP contribution in [0, 0.1) is 5.82 Å². The number of amides is 1. The monoisotopic (exact) mass is 456 g/mol. The highest BCUT2D eigenvalue weighted by Crippen LogP contribution is 2.36. The fourth-order valence-electron chi connectivity index (χ4n) is 3.24. The van der Waals surface area contributed by atoms with Gasteiger partial charge in [0.1, 0.15) is 18.2 Å². The predicted octanol–water partition coefficient (Wildman–Crippen LogP) is 3.36. The van der Waals surface area contributed by atoms with E-state index in [1.54, 1.807) is 0 Å². The van der Waals surface area contributed by atoms with Crippen LogP contribution in [0.25, 0.3) is 0 Å². The third kappa shape index (κ3) is 4.12. The standard InChI is InChI=1S/C22H17FN2O6S/c23-16-2-1-3-18(13-16)32(29,30)25-10-11-31-20-9-6-15(12-19(20)25)21(26)24-17-7-4-14(5-8-17)22(27)28/h1-9,12-13H,10-11H2,(H,24,26)(H,27,28). The summed E-state index contributed by atoms with van der Waals surface area (Å²) < 4.78 is 46.5. The third-order valence-corrected chi connectivity index (χ3v) is 6.62. The zero-order valence-electron chi connectivity index (χ0n) is 16.5. The maximum atomic E-state index is 13.6. The number of benzene rings is 3. The van der Waals surface area contributed by atoms with Crippen molar-refractivity contribution in [2.45, 2.75) is 4.90 Å². The lowest BCUT2D eigenvalue weighted by molar-refractivity contribution is 0.0696. The molecule has 1 aliphatic heterocycles. The summed E-state index contributed by atoms with van der Waals surface area (Å²) in [7, 11) is -4.09. The van der Waals surface area contributed by atoms with Crippen LogP contribution in [0.2, 0.25) is 0 Å². The number of sulfonamides is 1. The molecule has 32 heavy (non-hydrogen) atoms. The van der Waals surface area contributed by atoms with Gasteiger partial charge in [0, 0.05) is 11.3 Å². The van der Waals surface area contributed by atoms with E-state index < -0.39 is 27.7 Å². The summed E-state index contributed by atoms with van der Waals surface area (Å²) in [5.41, 5.74) is 0.774. The fourth-order valence-corrected chi connectivity index (χ4v) is 4.72. The lowest BCUT2D eigenvalue weighted by Crippen LogP contribution is -2.38. The van der Waals surface area contributed by atoms with E-state index in [4.69, 9.17) is 9.84 Å². The number of ether oxygens (including phenoxy) is 1. The molecule has 0 aromatic heterocycles. The number of carboxylic acids is 1. The number of carbonyl (C=O) groups excluding carboxylic acids is 1. The molecule has 3 aromatic carbocycles. The quantitative estimate of drug-likeness (QED) is 0.609. The van der Waals surface area contributed by atoms with Crippen molar-refractivity contribution in [3.8, 4) is 5.75 Å². The molecule has 0 unspecified atom stereocenters. The second-order valence-electron chi connectivity index (χ2n) is 6.90. The number of halogens is 1. The van der Waals surface area contributed by atoms with Gasteiger partial charge in [-0.05, 0) is 60.7 Å². The van der Waals surface area contributed by atoms with Crippen LogP contribution < -0.4 is 14.4 Å². The molecule has 0 bridgehead atoms. The van der Waals surface area contributed by atoms with E-state index in [2.05, 4.69) is 5.32 Å². The van der Waals surface area contributed by atoms with Gasteiger partial charge >= 0.3 is 5.97 Å². The minimum Gasteiger partial charge on any atom is -0.489 e. The number of aromatic carboxylic acids is 1. The van der Waals surface area contributed by atoms with Gasteiger partial charge in [-0.25, -0.2) is 17.6 Å². The molecule has 0 aliphatic carbocycles. The van der Waals surface area contributed by atoms with Crippen LogP contribution in [0.15, 0.2) is 71.6 Å². The molecule has 0 spiro atoms. The molecule has 0 saturated heterocycles. The summed E-state index contributed by atoms with van der Waals surface area (Å²) >= 11 is 0. The summed E-state index contributed by atoms with van der Waals surface area (Å²) in [5.74, 6) is -2.01. The van der Waals surface area contributed by atoms with E-state index in [0.717, 1.165) is 16.4 Å². The van der Waals surface area contributed by atoms with E-state index in [0.29, 0.717) is 5.69 Å². The third-order valence-electron chi connectivity index (χ3n) is 4.82. The van der Waals surface area contributed by atoms with E-state index in [9.17, 15) is 22.4 Å². The van der Waals surface area contributed by atoms with Gasteiger partial charge < -0.3 is 15.2 Å². The van der Waals surface area contributed by atoms with Crippen LogP contribution in [-0.2, 0) is 10.0 Å². The zero-order valence-corrected chi connectivity index (χ0v) is 17.3. The molecule has 1 heterocycles. The smallest absolute Gasteiger partial charge is 0.335 e. The van der Waals surface area contributed by atoms with Gasteiger partial charge in [0.2, 0.25) is 0 Å². The second-order valence-corrected chi connectivity index (χ2v) is 8.76. The maximum absolute atomic E-state index is 13.6. The molecule has 2 N–H and O–H groups in total. The minimum atomic E-state index is -4.09. The zero-order chi connectivity index (χ0) is 22.9. The molecule has 10 heteroatoms. The number of rotatable bonds is 5. The van der Waals surface area contributed by atoms with Crippen molar-refractivity contribution in [3.63, 3.8) is 0 Å². The molecular formula is C22H17FN2O6S. The number of hydrogen-bond acceptors (Lipinski definition) is 5. The molecule has 164 valence electrons. The molecule has 1 aliphatic rings. The van der Waals surface area contributed by atoms with Crippen LogP contribution >= 0.6 is 0 Å². The first-order valence-electron chi connectivity index (χ1n) is 9.45. The Morgan fingerprint density at radius 3 is 2.41 bits per heavy atom. The van der Waals surface area contributed by atoms with Crippen LogP contribution in [-0.4, -0.2) is 38.6 Å². The largest absolute Gasteiger partial charge is 0.489 e. The number of fused-ring (bicyclic) bond motifs is 1. The van der Waals surface area contributed by atoms with Gasteiger partial charge in [0.25, 0.3) is 15.9 Å². The number of hydrogen-bond donors (Lipinski definition) is 2. The van der Waals surface area contributed by atoms with Crippen molar-refractivity contribution >= 4 is 33.3 Å². The molecule has 8 nitrogen and oxygen atoms in total. The van der Waals surface area contributed by atoms with Crippen molar-refractivity contribution in [1.29, 1.82) is 0 Å². The minimum absolute atomic E-state index is 0.00638. The highest BCUT2D eigenvalue weighted by molar-refractivity contribution is 7.92. The average Bonchev–Trinajstić information content (AvgIpc) is 2.78. The van der Waals surface area contributed by atoms with Crippen molar-refractivity contribution in [3.05, 3.63) is 83.7 Å². The first-order chi connectivity index (χ1) is 15.3. The molecular weight excluding hydrogens is 439 g/mol. The Bertz CT molecular complexity index is 1310. The molecule has 3 aromatic rings. The van der Waals surface area contributed by atoms with Crippen molar-refractivity contribution in [1.82, 2.24) is 0 Å². The van der Waals surface area contributed by atoms with Crippen molar-refractivity contribution in [2.24, 2.45) is 0 Å².